The summed E-state index contributed by atoms with van der Waals surface area (Å²) in [5, 5.41) is 6.86. The van der Waals surface area contributed by atoms with Gasteiger partial charge in [-0.3, -0.25) is 4.79 Å². The fourth-order valence-electron chi connectivity index (χ4n) is 2.46. The molecule has 1 N–H and O–H groups in total. The minimum Gasteiger partial charge on any atom is -0.435 e. The van der Waals surface area contributed by atoms with Crippen LogP contribution in [-0.4, -0.2) is 27.3 Å². The molecule has 8 heteroatoms. The van der Waals surface area contributed by atoms with E-state index < -0.39 is 6.61 Å². The Morgan fingerprint density at radius 1 is 1.15 bits per heavy atom. The summed E-state index contributed by atoms with van der Waals surface area (Å²) in [6, 6.07) is 13.3. The Balaban J connectivity index is 1.66. The molecular formula is C18H16F2N4O2. The normalized spacial score (nSPS) is 10.7. The summed E-state index contributed by atoms with van der Waals surface area (Å²) < 4.78 is 30.6. The van der Waals surface area contributed by atoms with Crippen LogP contribution >= 0.6 is 0 Å². The average molecular weight is 358 g/mol. The Bertz CT molecular complexity index is 869. The highest BCUT2D eigenvalue weighted by Gasteiger charge is 2.10. The maximum absolute atomic E-state index is 12.3. The first-order valence-electron chi connectivity index (χ1n) is 7.84. The van der Waals surface area contributed by atoms with Crippen LogP contribution in [0.25, 0.3) is 0 Å². The molecule has 0 aliphatic carbocycles. The zero-order chi connectivity index (χ0) is 18.4. The lowest BCUT2D eigenvalue weighted by molar-refractivity contribution is -0.0498. The Morgan fingerprint density at radius 2 is 1.96 bits per heavy atom. The molecule has 0 radical (unpaired) electrons. The first-order chi connectivity index (χ1) is 12.6. The lowest BCUT2D eigenvalue weighted by Crippen LogP contribution is -2.23. The Morgan fingerprint density at radius 3 is 2.69 bits per heavy atom. The predicted octanol–water partition coefficient (Wildman–Crippen LogP) is 2.86. The van der Waals surface area contributed by atoms with E-state index in [1.807, 2.05) is 24.3 Å². The van der Waals surface area contributed by atoms with Gasteiger partial charge in [-0.2, -0.15) is 13.9 Å². The third-order valence-corrected chi connectivity index (χ3v) is 3.68. The second kappa shape index (κ2) is 8.19. The summed E-state index contributed by atoms with van der Waals surface area (Å²) in [4.78, 5) is 16.2. The van der Waals surface area contributed by atoms with E-state index in [4.69, 9.17) is 0 Å². The third-order valence-electron chi connectivity index (χ3n) is 3.68. The highest BCUT2D eigenvalue weighted by atomic mass is 19.3. The minimum absolute atomic E-state index is 0.0563. The molecule has 0 saturated carbocycles. The van der Waals surface area contributed by atoms with Crippen molar-refractivity contribution in [1.82, 2.24) is 20.1 Å². The van der Waals surface area contributed by atoms with Gasteiger partial charge >= 0.3 is 6.61 Å². The van der Waals surface area contributed by atoms with Gasteiger partial charge in [0.05, 0.1) is 6.54 Å². The average Bonchev–Trinajstić information content (AvgIpc) is 3.13. The maximum atomic E-state index is 12.3. The number of alkyl halides is 2. The zero-order valence-corrected chi connectivity index (χ0v) is 13.7. The summed E-state index contributed by atoms with van der Waals surface area (Å²) >= 11 is 0. The van der Waals surface area contributed by atoms with Gasteiger partial charge in [0.15, 0.2) is 0 Å². The van der Waals surface area contributed by atoms with Crippen molar-refractivity contribution in [3.63, 3.8) is 0 Å². The van der Waals surface area contributed by atoms with Gasteiger partial charge in [0.25, 0.3) is 5.91 Å². The van der Waals surface area contributed by atoms with Crippen molar-refractivity contribution in [2.45, 2.75) is 19.7 Å². The highest BCUT2D eigenvalue weighted by Crippen LogP contribution is 2.16. The minimum atomic E-state index is -2.93. The molecule has 1 heterocycles. The van der Waals surface area contributed by atoms with Crippen molar-refractivity contribution in [2.75, 3.05) is 0 Å². The van der Waals surface area contributed by atoms with Crippen LogP contribution in [0.5, 0.6) is 5.75 Å². The number of ether oxygens (including phenoxy) is 1. The van der Waals surface area contributed by atoms with Crippen molar-refractivity contribution in [2.24, 2.45) is 0 Å². The van der Waals surface area contributed by atoms with E-state index >= 15 is 0 Å². The van der Waals surface area contributed by atoms with E-state index in [0.29, 0.717) is 13.1 Å². The summed E-state index contributed by atoms with van der Waals surface area (Å²) in [5.41, 5.74) is 2.17. The van der Waals surface area contributed by atoms with Gasteiger partial charge in [0.1, 0.15) is 18.4 Å². The van der Waals surface area contributed by atoms with E-state index in [9.17, 15) is 13.6 Å². The number of nitrogens with one attached hydrogen (secondary N) is 1. The van der Waals surface area contributed by atoms with Crippen LogP contribution < -0.4 is 10.1 Å². The SMILES string of the molecule is O=C(NCc1ccccc1Cn1cncn1)c1cccc(OC(F)F)c1. The molecule has 0 fully saturated rings. The van der Waals surface area contributed by atoms with Crippen LogP contribution in [0.2, 0.25) is 0 Å². The molecule has 3 rings (SSSR count). The predicted molar refractivity (Wildman–Crippen MR) is 89.8 cm³/mol. The van der Waals surface area contributed by atoms with Crippen molar-refractivity contribution in [1.29, 1.82) is 0 Å². The monoisotopic (exact) mass is 358 g/mol. The maximum Gasteiger partial charge on any atom is 0.387 e. The van der Waals surface area contributed by atoms with Crippen LogP contribution in [0, 0.1) is 0 Å². The molecule has 0 spiro atoms. The third kappa shape index (κ3) is 4.62. The summed E-state index contributed by atoms with van der Waals surface area (Å²) in [7, 11) is 0. The molecule has 6 nitrogen and oxygen atoms in total. The van der Waals surface area contributed by atoms with Gasteiger partial charge in [-0.15, -0.1) is 0 Å². The summed E-state index contributed by atoms with van der Waals surface area (Å²) in [6.45, 7) is -2.11. The number of nitrogens with zero attached hydrogens (tertiary/aromatic N) is 3. The molecule has 0 unspecified atom stereocenters. The fourth-order valence-corrected chi connectivity index (χ4v) is 2.46. The molecule has 134 valence electrons. The number of carbonyl (C=O) groups is 1. The van der Waals surface area contributed by atoms with Crippen molar-refractivity contribution in [3.8, 4) is 5.75 Å². The number of benzene rings is 2. The largest absolute Gasteiger partial charge is 0.435 e. The quantitative estimate of drug-likeness (QED) is 0.705. The smallest absolute Gasteiger partial charge is 0.387 e. The van der Waals surface area contributed by atoms with Crippen LogP contribution in [0.1, 0.15) is 21.5 Å². The molecular weight excluding hydrogens is 342 g/mol. The van der Waals surface area contributed by atoms with Gasteiger partial charge in [-0.25, -0.2) is 9.67 Å². The van der Waals surface area contributed by atoms with Crippen molar-refractivity contribution in [3.05, 3.63) is 77.9 Å². The lowest BCUT2D eigenvalue weighted by Gasteiger charge is -2.11. The van der Waals surface area contributed by atoms with E-state index in [2.05, 4.69) is 20.1 Å². The Kier molecular flexibility index (Phi) is 5.52. The molecule has 0 aliphatic rings. The van der Waals surface area contributed by atoms with Crippen LogP contribution in [0.4, 0.5) is 8.78 Å². The van der Waals surface area contributed by atoms with Gasteiger partial charge in [0, 0.05) is 12.1 Å². The standard InChI is InChI=1S/C18H16F2N4O2/c19-18(20)26-16-7-3-6-13(8-16)17(25)22-9-14-4-1-2-5-15(14)10-24-12-21-11-23-24/h1-8,11-12,18H,9-10H2,(H,22,25). The van der Waals surface area contributed by atoms with E-state index in [1.165, 1.54) is 30.6 Å². The molecule has 0 saturated heterocycles. The van der Waals surface area contributed by atoms with Crippen LogP contribution in [0.15, 0.2) is 61.2 Å². The van der Waals surface area contributed by atoms with Gasteiger partial charge < -0.3 is 10.1 Å². The molecule has 0 bridgehead atoms. The van der Waals surface area contributed by atoms with E-state index in [0.717, 1.165) is 11.1 Å². The summed E-state index contributed by atoms with van der Waals surface area (Å²) in [6.07, 6.45) is 3.07. The highest BCUT2D eigenvalue weighted by molar-refractivity contribution is 5.94. The van der Waals surface area contributed by atoms with Gasteiger partial charge in [0.2, 0.25) is 0 Å². The number of halogens is 2. The Labute approximate surface area is 148 Å². The molecule has 2 aromatic carbocycles. The fraction of sp³-hybridized carbons (Fsp3) is 0.167. The molecule has 3 aromatic rings. The van der Waals surface area contributed by atoms with E-state index in [1.54, 1.807) is 11.0 Å². The molecule has 1 aromatic heterocycles. The van der Waals surface area contributed by atoms with Crippen molar-refractivity contribution >= 4 is 5.91 Å². The second-order valence-electron chi connectivity index (χ2n) is 5.45. The number of hydrogen-bond donors (Lipinski definition) is 1. The first kappa shape index (κ1) is 17.5. The molecule has 1 amide bonds. The van der Waals surface area contributed by atoms with Gasteiger partial charge in [-0.05, 0) is 29.3 Å². The number of amides is 1. The number of rotatable bonds is 7. The first-order valence-corrected chi connectivity index (χ1v) is 7.84. The van der Waals surface area contributed by atoms with Crippen molar-refractivity contribution < 1.29 is 18.3 Å². The van der Waals surface area contributed by atoms with Crippen LogP contribution in [0.3, 0.4) is 0 Å². The van der Waals surface area contributed by atoms with E-state index in [-0.39, 0.29) is 17.2 Å². The number of aromatic nitrogens is 3. The lowest BCUT2D eigenvalue weighted by atomic mass is 10.1. The molecule has 0 atom stereocenters. The number of hydrogen-bond acceptors (Lipinski definition) is 4. The molecule has 0 aliphatic heterocycles. The van der Waals surface area contributed by atoms with Crippen LogP contribution in [-0.2, 0) is 13.1 Å². The summed E-state index contributed by atoms with van der Waals surface area (Å²) in [5.74, 6) is -0.431. The second-order valence-corrected chi connectivity index (χ2v) is 5.45. The zero-order valence-electron chi connectivity index (χ0n) is 13.7. The molecule has 26 heavy (non-hydrogen) atoms. The topological polar surface area (TPSA) is 69.0 Å². The van der Waals surface area contributed by atoms with Gasteiger partial charge in [-0.1, -0.05) is 30.3 Å². The Hall–Kier alpha value is -3.29. The number of carbonyl (C=O) groups excluding carboxylic acids is 1.